The molecule has 1 aromatic heterocycles. The summed E-state index contributed by atoms with van der Waals surface area (Å²) in [5.74, 6) is 2.67. The number of pyridine rings is 1. The largest absolute Gasteiger partial charge is 0.378 e. The van der Waals surface area contributed by atoms with Crippen LogP contribution in [0.3, 0.4) is 0 Å². The second-order valence-corrected chi connectivity index (χ2v) is 6.80. The van der Waals surface area contributed by atoms with Gasteiger partial charge in [-0.2, -0.15) is 0 Å². The number of likely N-dealkylation sites (tertiary alicyclic amines) is 1. The normalized spacial score (nSPS) is 19.9. The summed E-state index contributed by atoms with van der Waals surface area (Å²) < 4.78 is 5.63. The minimum atomic E-state index is -0.0955. The fraction of sp³-hybridized carbons (Fsp3) is 0.500. The minimum Gasteiger partial charge on any atom is -0.378 e. The zero-order chi connectivity index (χ0) is 17.3. The van der Waals surface area contributed by atoms with Gasteiger partial charge in [-0.25, -0.2) is 0 Å². The number of Topliss-reactive ketones (excluding diaryl/α,β-unsaturated/α-hetero) is 1. The van der Waals surface area contributed by atoms with Crippen molar-refractivity contribution < 1.29 is 9.53 Å². The summed E-state index contributed by atoms with van der Waals surface area (Å²) in [7, 11) is 1.76. The Morgan fingerprint density at radius 2 is 2.12 bits per heavy atom. The van der Waals surface area contributed by atoms with E-state index < -0.39 is 0 Å². The van der Waals surface area contributed by atoms with Crippen molar-refractivity contribution in [1.29, 1.82) is 0 Å². The fourth-order valence-corrected chi connectivity index (χ4v) is 3.49. The van der Waals surface area contributed by atoms with Crippen molar-refractivity contribution in [2.45, 2.75) is 45.1 Å². The number of hydrogen-bond acceptors (Lipinski definition) is 4. The number of hydrogen-bond donors (Lipinski definition) is 0. The van der Waals surface area contributed by atoms with Gasteiger partial charge in [0, 0.05) is 44.1 Å². The molecule has 3 rings (SSSR count). The third kappa shape index (κ3) is 2.85. The minimum absolute atomic E-state index is 0.0196. The first-order valence-electron chi connectivity index (χ1n) is 8.53. The average Bonchev–Trinajstić information content (AvgIpc) is 2.61. The second-order valence-electron chi connectivity index (χ2n) is 6.80. The molecule has 0 unspecified atom stereocenters. The molecule has 0 aromatic carbocycles. The topological polar surface area (TPSA) is 42.4 Å². The molecular weight excluding hydrogens is 300 g/mol. The van der Waals surface area contributed by atoms with E-state index in [1.807, 2.05) is 6.20 Å². The number of nitrogens with zero attached hydrogens (tertiary/aromatic N) is 2. The molecule has 0 spiro atoms. The number of ketones is 1. The molecule has 24 heavy (non-hydrogen) atoms. The lowest BCUT2D eigenvalue weighted by atomic mass is 9.86. The molecule has 126 valence electrons. The second kappa shape index (κ2) is 6.41. The fourth-order valence-electron chi connectivity index (χ4n) is 3.49. The van der Waals surface area contributed by atoms with Crippen molar-refractivity contribution in [3.63, 3.8) is 0 Å². The van der Waals surface area contributed by atoms with Crippen LogP contribution in [0.1, 0.15) is 43.5 Å². The smallest absolute Gasteiger partial charge is 0.177 e. The van der Waals surface area contributed by atoms with E-state index >= 15 is 0 Å². The average molecular weight is 324 g/mol. The van der Waals surface area contributed by atoms with Crippen molar-refractivity contribution in [3.8, 4) is 12.3 Å². The number of ether oxygens (including phenoxy) is 1. The third-order valence-corrected chi connectivity index (χ3v) is 5.30. The van der Waals surface area contributed by atoms with Gasteiger partial charge in [-0.15, -0.1) is 6.42 Å². The van der Waals surface area contributed by atoms with E-state index in [-0.39, 0.29) is 11.4 Å². The Morgan fingerprint density at radius 1 is 1.42 bits per heavy atom. The molecule has 0 radical (unpaired) electrons. The maximum atomic E-state index is 12.5. The van der Waals surface area contributed by atoms with Crippen molar-refractivity contribution >= 4 is 11.5 Å². The van der Waals surface area contributed by atoms with Gasteiger partial charge in [-0.1, -0.05) is 12.8 Å². The maximum absolute atomic E-state index is 12.5. The molecule has 2 aliphatic rings. The predicted molar refractivity (Wildman–Crippen MR) is 94.3 cm³/mol. The summed E-state index contributed by atoms with van der Waals surface area (Å²) in [6.45, 7) is 5.89. The van der Waals surface area contributed by atoms with E-state index in [9.17, 15) is 4.79 Å². The number of fused-ring (bicyclic) bond motifs is 1. The van der Waals surface area contributed by atoms with Crippen molar-refractivity contribution in [2.24, 2.45) is 0 Å². The number of rotatable bonds is 3. The summed E-state index contributed by atoms with van der Waals surface area (Å²) in [5, 5.41) is 0. The third-order valence-electron chi connectivity index (χ3n) is 5.30. The molecular formula is C20H24N2O2. The molecule has 0 saturated carbocycles. The first-order valence-corrected chi connectivity index (χ1v) is 8.53. The highest BCUT2D eigenvalue weighted by Crippen LogP contribution is 2.36. The number of terminal acetylenes is 1. The molecule has 0 N–H and O–H groups in total. The van der Waals surface area contributed by atoms with Gasteiger partial charge < -0.3 is 9.64 Å². The first kappa shape index (κ1) is 16.7. The van der Waals surface area contributed by atoms with E-state index in [4.69, 9.17) is 11.2 Å². The summed E-state index contributed by atoms with van der Waals surface area (Å²) in [6.07, 6.45) is 10.6. The Kier molecular flexibility index (Phi) is 4.47. The Hall–Kier alpha value is -2.12. The van der Waals surface area contributed by atoms with Crippen LogP contribution in [0, 0.1) is 12.3 Å². The Labute approximate surface area is 143 Å². The lowest BCUT2D eigenvalue weighted by Gasteiger charge is -2.41. The number of methoxy groups -OCH3 is 1. The van der Waals surface area contributed by atoms with Crippen LogP contribution in [0.15, 0.2) is 17.8 Å². The molecule has 0 atom stereocenters. The van der Waals surface area contributed by atoms with Crippen LogP contribution in [-0.4, -0.2) is 41.5 Å². The maximum Gasteiger partial charge on any atom is 0.177 e. The summed E-state index contributed by atoms with van der Waals surface area (Å²) in [5.41, 5.74) is 4.41. The highest BCUT2D eigenvalue weighted by Gasteiger charge is 2.34. The molecule has 0 bridgehead atoms. The number of carbonyl (C=O) groups is 1. The van der Waals surface area contributed by atoms with Gasteiger partial charge in [0.2, 0.25) is 0 Å². The lowest BCUT2D eigenvalue weighted by Crippen LogP contribution is -2.43. The zero-order valence-electron chi connectivity index (χ0n) is 14.7. The van der Waals surface area contributed by atoms with E-state index in [0.29, 0.717) is 12.0 Å². The molecule has 4 nitrogen and oxygen atoms in total. The number of aryl methyl sites for hydroxylation is 1. The van der Waals surface area contributed by atoms with Gasteiger partial charge in [0.25, 0.3) is 0 Å². The van der Waals surface area contributed by atoms with E-state index in [2.05, 4.69) is 35.7 Å². The highest BCUT2D eigenvalue weighted by molar-refractivity contribution is 6.10. The van der Waals surface area contributed by atoms with E-state index in [1.165, 1.54) is 0 Å². The number of allylic oxidation sites excluding steroid dienone is 1. The van der Waals surface area contributed by atoms with Crippen LogP contribution in [0.2, 0.25) is 0 Å². The molecule has 1 saturated heterocycles. The number of piperidine rings is 1. The number of aromatic nitrogens is 1. The van der Waals surface area contributed by atoms with E-state index in [0.717, 1.165) is 54.9 Å². The standard InChI is InChI=1S/C20H24N2O2/c1-5-15-12-17-14(13-21-15)11-18(23)16(6-2)19(17)22-9-7-20(3,24-4)8-10-22/h2,12-13H,5,7-11H2,1,3-4H3. The van der Waals surface area contributed by atoms with Gasteiger partial charge >= 0.3 is 0 Å². The molecule has 0 amide bonds. The molecule has 1 aliphatic carbocycles. The van der Waals surface area contributed by atoms with Gasteiger partial charge in [-0.05, 0) is 37.8 Å². The van der Waals surface area contributed by atoms with Crippen molar-refractivity contribution in [1.82, 2.24) is 9.88 Å². The predicted octanol–water partition coefficient (Wildman–Crippen LogP) is 2.61. The molecule has 1 fully saturated rings. The van der Waals surface area contributed by atoms with E-state index in [1.54, 1.807) is 7.11 Å². The van der Waals surface area contributed by atoms with Crippen LogP contribution in [0.5, 0.6) is 0 Å². The van der Waals surface area contributed by atoms with Gasteiger partial charge in [0.1, 0.15) is 0 Å². The summed E-state index contributed by atoms with van der Waals surface area (Å²) in [4.78, 5) is 19.2. The molecule has 2 heterocycles. The Morgan fingerprint density at radius 3 is 2.71 bits per heavy atom. The Balaban J connectivity index is 2.04. The van der Waals surface area contributed by atoms with Crippen LogP contribution < -0.4 is 0 Å². The van der Waals surface area contributed by atoms with Crippen LogP contribution in [0.4, 0.5) is 0 Å². The van der Waals surface area contributed by atoms with Gasteiger partial charge in [0.15, 0.2) is 5.78 Å². The van der Waals surface area contributed by atoms with Crippen molar-refractivity contribution in [3.05, 3.63) is 34.7 Å². The lowest BCUT2D eigenvalue weighted by molar-refractivity contribution is -0.114. The monoisotopic (exact) mass is 324 g/mol. The highest BCUT2D eigenvalue weighted by atomic mass is 16.5. The van der Waals surface area contributed by atoms with Crippen LogP contribution in [0.25, 0.3) is 5.70 Å². The quantitative estimate of drug-likeness (QED) is 0.802. The van der Waals surface area contributed by atoms with Gasteiger partial charge in [-0.3, -0.25) is 9.78 Å². The zero-order valence-corrected chi connectivity index (χ0v) is 14.7. The van der Waals surface area contributed by atoms with Crippen LogP contribution >= 0.6 is 0 Å². The molecule has 1 aliphatic heterocycles. The van der Waals surface area contributed by atoms with Gasteiger partial charge in [0.05, 0.1) is 16.9 Å². The molecule has 1 aromatic rings. The summed E-state index contributed by atoms with van der Waals surface area (Å²) in [6, 6.07) is 2.10. The SMILES string of the molecule is C#CC1=C(N2CCC(C)(OC)CC2)c2cc(CC)ncc2CC1=O. The van der Waals surface area contributed by atoms with Crippen molar-refractivity contribution in [2.75, 3.05) is 20.2 Å². The first-order chi connectivity index (χ1) is 11.5. The molecule has 4 heteroatoms. The Bertz CT molecular complexity index is 734. The summed E-state index contributed by atoms with van der Waals surface area (Å²) >= 11 is 0. The van der Waals surface area contributed by atoms with Crippen LogP contribution in [-0.2, 0) is 22.4 Å². The number of carbonyl (C=O) groups excluding carboxylic acids is 1.